The Balaban J connectivity index is 4.70. The minimum Gasteiger partial charge on any atom is -0.480 e. The van der Waals surface area contributed by atoms with Crippen LogP contribution in [0.25, 0.3) is 0 Å². The highest BCUT2D eigenvalue weighted by Gasteiger charge is 2.32. The minimum absolute atomic E-state index is 0.344. The number of carbonyl (C=O) groups is 1. The van der Waals surface area contributed by atoms with Crippen molar-refractivity contribution in [3.63, 3.8) is 0 Å². The van der Waals surface area contributed by atoms with Gasteiger partial charge in [-0.05, 0) is 6.92 Å². The van der Waals surface area contributed by atoms with Crippen molar-refractivity contribution in [2.24, 2.45) is 0 Å². The van der Waals surface area contributed by atoms with E-state index in [2.05, 4.69) is 0 Å². The standard InChI is InChI=1S/C6H11F2NO4S/c1-4(6(10)11)14(12,13)9(2)3-5(7)8/h4-5H,3H2,1-2H3,(H,10,11). The lowest BCUT2D eigenvalue weighted by molar-refractivity contribution is -0.136. The second-order valence-corrected chi connectivity index (χ2v) is 5.06. The highest BCUT2D eigenvalue weighted by Crippen LogP contribution is 2.09. The van der Waals surface area contributed by atoms with E-state index in [1.165, 1.54) is 0 Å². The van der Waals surface area contributed by atoms with Crippen LogP contribution in [0.15, 0.2) is 0 Å². The van der Waals surface area contributed by atoms with Gasteiger partial charge in [0, 0.05) is 7.05 Å². The number of hydrogen-bond acceptors (Lipinski definition) is 3. The first-order valence-corrected chi connectivity index (χ1v) is 5.16. The summed E-state index contributed by atoms with van der Waals surface area (Å²) in [5.74, 6) is -1.56. The van der Waals surface area contributed by atoms with Gasteiger partial charge < -0.3 is 5.11 Å². The molecule has 84 valence electrons. The van der Waals surface area contributed by atoms with Crippen molar-refractivity contribution in [1.82, 2.24) is 4.31 Å². The Kier molecular flexibility index (Phi) is 4.40. The minimum atomic E-state index is -4.18. The van der Waals surface area contributed by atoms with Crippen molar-refractivity contribution in [3.05, 3.63) is 0 Å². The highest BCUT2D eigenvalue weighted by molar-refractivity contribution is 7.90. The average molecular weight is 231 g/mol. The lowest BCUT2D eigenvalue weighted by Gasteiger charge is -2.18. The van der Waals surface area contributed by atoms with E-state index in [1.807, 2.05) is 0 Å². The quantitative estimate of drug-likeness (QED) is 0.722. The van der Waals surface area contributed by atoms with Crippen LogP contribution in [0.4, 0.5) is 8.78 Å². The fourth-order valence-corrected chi connectivity index (χ4v) is 1.81. The number of halogens is 2. The molecular formula is C6H11F2NO4S. The summed E-state index contributed by atoms with van der Waals surface area (Å²) in [5.41, 5.74) is 0. The zero-order valence-corrected chi connectivity index (χ0v) is 8.46. The molecule has 0 aliphatic rings. The first kappa shape index (κ1) is 13.2. The molecule has 0 aromatic rings. The molecule has 0 bridgehead atoms. The third kappa shape index (κ3) is 3.18. The van der Waals surface area contributed by atoms with Crippen molar-refractivity contribution in [2.75, 3.05) is 13.6 Å². The molecule has 0 saturated heterocycles. The summed E-state index contributed by atoms with van der Waals surface area (Å²) in [6, 6.07) is 0. The van der Waals surface area contributed by atoms with Gasteiger partial charge in [0.25, 0.3) is 6.43 Å². The molecule has 1 unspecified atom stereocenters. The van der Waals surface area contributed by atoms with E-state index in [0.717, 1.165) is 14.0 Å². The van der Waals surface area contributed by atoms with Gasteiger partial charge in [-0.1, -0.05) is 0 Å². The largest absolute Gasteiger partial charge is 0.480 e. The first-order valence-electron chi connectivity index (χ1n) is 3.65. The fourth-order valence-electron chi connectivity index (χ4n) is 0.696. The van der Waals surface area contributed by atoms with Crippen LogP contribution in [0.1, 0.15) is 6.92 Å². The third-order valence-electron chi connectivity index (χ3n) is 1.62. The van der Waals surface area contributed by atoms with E-state index < -0.39 is 34.2 Å². The van der Waals surface area contributed by atoms with Gasteiger partial charge in [-0.15, -0.1) is 0 Å². The Bertz CT molecular complexity index is 303. The Labute approximate surface area is 80.4 Å². The molecule has 0 aliphatic carbocycles. The number of nitrogens with zero attached hydrogens (tertiary/aromatic N) is 1. The van der Waals surface area contributed by atoms with Gasteiger partial charge in [-0.25, -0.2) is 17.2 Å². The summed E-state index contributed by atoms with van der Waals surface area (Å²) in [6.07, 6.45) is -2.82. The molecule has 0 heterocycles. The zero-order chi connectivity index (χ0) is 11.5. The average Bonchev–Trinajstić information content (AvgIpc) is 2.01. The van der Waals surface area contributed by atoms with Crippen LogP contribution >= 0.6 is 0 Å². The monoisotopic (exact) mass is 231 g/mol. The van der Waals surface area contributed by atoms with Crippen LogP contribution in [0.2, 0.25) is 0 Å². The summed E-state index contributed by atoms with van der Waals surface area (Å²) < 4.78 is 46.4. The predicted molar refractivity (Wildman–Crippen MR) is 44.7 cm³/mol. The third-order valence-corrected chi connectivity index (χ3v) is 3.74. The Hall–Kier alpha value is -0.760. The molecule has 0 rings (SSSR count). The van der Waals surface area contributed by atoms with Gasteiger partial charge in [0.2, 0.25) is 10.0 Å². The summed E-state index contributed by atoms with van der Waals surface area (Å²) in [6.45, 7) is -0.0699. The summed E-state index contributed by atoms with van der Waals surface area (Å²) in [4.78, 5) is 10.3. The number of rotatable bonds is 5. The molecule has 0 saturated carbocycles. The van der Waals surface area contributed by atoms with Crippen LogP contribution in [0, 0.1) is 0 Å². The van der Waals surface area contributed by atoms with E-state index in [-0.39, 0.29) is 0 Å². The van der Waals surface area contributed by atoms with E-state index in [0.29, 0.717) is 4.31 Å². The van der Waals surface area contributed by atoms with Crippen LogP contribution in [0.5, 0.6) is 0 Å². The van der Waals surface area contributed by atoms with Crippen molar-refractivity contribution >= 4 is 16.0 Å². The van der Waals surface area contributed by atoms with Gasteiger partial charge in [0.1, 0.15) is 0 Å². The second-order valence-electron chi connectivity index (χ2n) is 2.70. The lowest BCUT2D eigenvalue weighted by Crippen LogP contribution is -2.40. The number of aliphatic carboxylic acids is 1. The molecule has 1 atom stereocenters. The number of alkyl halides is 2. The fraction of sp³-hybridized carbons (Fsp3) is 0.833. The molecule has 1 N–H and O–H groups in total. The highest BCUT2D eigenvalue weighted by atomic mass is 32.2. The van der Waals surface area contributed by atoms with Crippen LogP contribution in [-0.2, 0) is 14.8 Å². The van der Waals surface area contributed by atoms with Gasteiger partial charge in [0.15, 0.2) is 5.25 Å². The number of hydrogen-bond donors (Lipinski definition) is 1. The predicted octanol–water partition coefficient (Wildman–Crippen LogP) is -0.0138. The molecule has 0 aromatic heterocycles. The molecule has 0 amide bonds. The molecule has 14 heavy (non-hydrogen) atoms. The Morgan fingerprint density at radius 2 is 1.93 bits per heavy atom. The maximum Gasteiger partial charge on any atom is 0.323 e. The van der Waals surface area contributed by atoms with Crippen LogP contribution < -0.4 is 0 Å². The molecule has 0 fully saturated rings. The molecule has 0 spiro atoms. The van der Waals surface area contributed by atoms with E-state index in [9.17, 15) is 22.0 Å². The van der Waals surface area contributed by atoms with Gasteiger partial charge in [-0.3, -0.25) is 4.79 Å². The second kappa shape index (κ2) is 4.65. The van der Waals surface area contributed by atoms with E-state index >= 15 is 0 Å². The number of carboxylic acid groups (broad SMARTS) is 1. The van der Waals surface area contributed by atoms with E-state index in [1.54, 1.807) is 0 Å². The number of sulfonamides is 1. The zero-order valence-electron chi connectivity index (χ0n) is 7.65. The molecule has 0 aliphatic heterocycles. The molecule has 0 aromatic carbocycles. The topological polar surface area (TPSA) is 74.7 Å². The van der Waals surface area contributed by atoms with Gasteiger partial charge in [0.05, 0.1) is 6.54 Å². The summed E-state index contributed by atoms with van der Waals surface area (Å²) in [7, 11) is -3.26. The Morgan fingerprint density at radius 1 is 1.50 bits per heavy atom. The molecular weight excluding hydrogens is 220 g/mol. The summed E-state index contributed by atoms with van der Waals surface area (Å²) in [5, 5.41) is 6.69. The smallest absolute Gasteiger partial charge is 0.323 e. The van der Waals surface area contributed by atoms with Crippen molar-refractivity contribution < 1.29 is 27.1 Å². The maximum atomic E-state index is 11.8. The maximum absolute atomic E-state index is 11.8. The first-order chi connectivity index (χ1) is 6.19. The molecule has 0 radical (unpaired) electrons. The molecule has 5 nitrogen and oxygen atoms in total. The normalized spacial score (nSPS) is 14.7. The lowest BCUT2D eigenvalue weighted by atomic mass is 10.5. The van der Waals surface area contributed by atoms with E-state index in [4.69, 9.17) is 5.11 Å². The van der Waals surface area contributed by atoms with Gasteiger partial charge in [-0.2, -0.15) is 4.31 Å². The van der Waals surface area contributed by atoms with Crippen molar-refractivity contribution in [3.8, 4) is 0 Å². The number of carboxylic acids is 1. The van der Waals surface area contributed by atoms with Crippen molar-refractivity contribution in [2.45, 2.75) is 18.6 Å². The summed E-state index contributed by atoms with van der Waals surface area (Å²) >= 11 is 0. The van der Waals surface area contributed by atoms with Crippen LogP contribution in [0.3, 0.4) is 0 Å². The van der Waals surface area contributed by atoms with Crippen molar-refractivity contribution in [1.29, 1.82) is 0 Å². The molecule has 8 heteroatoms. The van der Waals surface area contributed by atoms with Gasteiger partial charge >= 0.3 is 5.97 Å². The van der Waals surface area contributed by atoms with Crippen LogP contribution in [-0.4, -0.2) is 49.1 Å². The Morgan fingerprint density at radius 3 is 2.21 bits per heavy atom. The SMILES string of the molecule is CC(C(=O)O)S(=O)(=O)N(C)CC(F)F.